The number of rotatable bonds is 4. The summed E-state index contributed by atoms with van der Waals surface area (Å²) in [6, 6.07) is 0.261. The first-order valence-corrected chi connectivity index (χ1v) is 5.74. The van der Waals surface area contributed by atoms with Gasteiger partial charge in [0.25, 0.3) is 0 Å². The lowest BCUT2D eigenvalue weighted by atomic mass is 9.92. The van der Waals surface area contributed by atoms with Gasteiger partial charge in [-0.15, -0.1) is 0 Å². The minimum atomic E-state index is 0.261. The van der Waals surface area contributed by atoms with Crippen molar-refractivity contribution in [3.05, 3.63) is 11.8 Å². The second kappa shape index (κ2) is 5.49. The number of nitrogens with one attached hydrogen (secondary N) is 1. The summed E-state index contributed by atoms with van der Waals surface area (Å²) in [5.74, 6) is 6.24. The maximum Gasteiger partial charge on any atom is 0.0876 e. The Morgan fingerprint density at radius 3 is 3.07 bits per heavy atom. The molecule has 0 aromatic rings. The lowest BCUT2D eigenvalue weighted by molar-refractivity contribution is 0.180. The first-order valence-electron chi connectivity index (χ1n) is 5.74. The predicted molar refractivity (Wildman–Crippen MR) is 57.9 cm³/mol. The normalized spacial score (nSPS) is 28.3. The molecule has 0 radical (unpaired) electrons. The predicted octanol–water partition coefficient (Wildman–Crippen LogP) is 0.939. The van der Waals surface area contributed by atoms with Gasteiger partial charge in [0.1, 0.15) is 0 Å². The fourth-order valence-electron chi connectivity index (χ4n) is 2.27. The Morgan fingerprint density at radius 2 is 2.47 bits per heavy atom. The van der Waals surface area contributed by atoms with Gasteiger partial charge in [-0.25, -0.2) is 0 Å². The molecule has 4 heteroatoms. The van der Waals surface area contributed by atoms with Crippen LogP contribution in [-0.4, -0.2) is 25.9 Å². The van der Waals surface area contributed by atoms with Crippen LogP contribution in [0, 0.1) is 5.92 Å². The zero-order valence-electron chi connectivity index (χ0n) is 9.08. The average Bonchev–Trinajstić information content (AvgIpc) is 2.80. The van der Waals surface area contributed by atoms with Crippen molar-refractivity contribution >= 4 is 0 Å². The Bertz CT molecular complexity index is 225. The molecule has 0 aromatic carbocycles. The number of ether oxygens (including phenoxy) is 2. The first kappa shape index (κ1) is 10.9. The molecule has 0 amide bonds. The second-order valence-electron chi connectivity index (χ2n) is 4.35. The standard InChI is InChI=1S/C11H20N2O2/c12-13-11(6-9-3-5-15-7-9)10-2-1-4-14-8-10/h8-9,11,13H,1-7,12H2. The number of hydrogen-bond acceptors (Lipinski definition) is 4. The van der Waals surface area contributed by atoms with Gasteiger partial charge in [-0.2, -0.15) is 0 Å². The molecule has 0 aromatic heterocycles. The van der Waals surface area contributed by atoms with Crippen LogP contribution in [0.3, 0.4) is 0 Å². The van der Waals surface area contributed by atoms with Crippen molar-refractivity contribution in [2.24, 2.45) is 11.8 Å². The topological polar surface area (TPSA) is 56.5 Å². The molecule has 2 aliphatic heterocycles. The summed E-state index contributed by atoms with van der Waals surface area (Å²) in [7, 11) is 0. The highest BCUT2D eigenvalue weighted by Crippen LogP contribution is 2.24. The van der Waals surface area contributed by atoms with Crippen LogP contribution in [0.2, 0.25) is 0 Å². The number of nitrogens with two attached hydrogens (primary N) is 1. The summed E-state index contributed by atoms with van der Waals surface area (Å²) < 4.78 is 10.7. The minimum absolute atomic E-state index is 0.261. The third kappa shape index (κ3) is 2.93. The lowest BCUT2D eigenvalue weighted by Crippen LogP contribution is -2.39. The summed E-state index contributed by atoms with van der Waals surface area (Å²) in [4.78, 5) is 0. The highest BCUT2D eigenvalue weighted by Gasteiger charge is 2.23. The molecule has 2 heterocycles. The summed E-state index contributed by atoms with van der Waals surface area (Å²) in [5.41, 5.74) is 4.20. The second-order valence-corrected chi connectivity index (χ2v) is 4.35. The SMILES string of the molecule is NNC(CC1CCOC1)C1=COCCC1. The van der Waals surface area contributed by atoms with Gasteiger partial charge in [0.15, 0.2) is 0 Å². The van der Waals surface area contributed by atoms with Crippen LogP contribution in [0.4, 0.5) is 0 Å². The fraction of sp³-hybridized carbons (Fsp3) is 0.818. The zero-order chi connectivity index (χ0) is 10.5. The molecule has 86 valence electrons. The molecule has 4 nitrogen and oxygen atoms in total. The summed E-state index contributed by atoms with van der Waals surface area (Å²) in [5, 5.41) is 0. The Hall–Kier alpha value is -0.580. The van der Waals surface area contributed by atoms with Crippen LogP contribution in [-0.2, 0) is 9.47 Å². The monoisotopic (exact) mass is 212 g/mol. The Morgan fingerprint density at radius 1 is 1.53 bits per heavy atom. The van der Waals surface area contributed by atoms with E-state index < -0.39 is 0 Å². The van der Waals surface area contributed by atoms with Gasteiger partial charge < -0.3 is 9.47 Å². The molecule has 2 atom stereocenters. The van der Waals surface area contributed by atoms with Gasteiger partial charge in [-0.05, 0) is 37.2 Å². The summed E-state index contributed by atoms with van der Waals surface area (Å²) in [6.45, 7) is 2.62. The highest BCUT2D eigenvalue weighted by molar-refractivity contribution is 5.09. The molecule has 2 rings (SSSR count). The molecule has 0 saturated carbocycles. The van der Waals surface area contributed by atoms with Crippen molar-refractivity contribution in [2.45, 2.75) is 31.7 Å². The molecule has 2 unspecified atom stereocenters. The van der Waals surface area contributed by atoms with Gasteiger partial charge in [0.05, 0.1) is 12.9 Å². The molecule has 2 aliphatic rings. The van der Waals surface area contributed by atoms with E-state index in [0.717, 1.165) is 45.5 Å². The van der Waals surface area contributed by atoms with E-state index >= 15 is 0 Å². The van der Waals surface area contributed by atoms with Gasteiger partial charge >= 0.3 is 0 Å². The molecular formula is C11H20N2O2. The zero-order valence-corrected chi connectivity index (χ0v) is 9.08. The average molecular weight is 212 g/mol. The van der Waals surface area contributed by atoms with E-state index in [1.54, 1.807) is 0 Å². The third-order valence-corrected chi connectivity index (χ3v) is 3.20. The maximum atomic E-state index is 5.59. The van der Waals surface area contributed by atoms with Crippen molar-refractivity contribution in [3.8, 4) is 0 Å². The number of hydrogen-bond donors (Lipinski definition) is 2. The molecule has 1 fully saturated rings. The minimum Gasteiger partial charge on any atom is -0.501 e. The smallest absolute Gasteiger partial charge is 0.0876 e. The molecule has 3 N–H and O–H groups in total. The van der Waals surface area contributed by atoms with E-state index in [2.05, 4.69) is 5.43 Å². The van der Waals surface area contributed by atoms with Gasteiger partial charge in [0, 0.05) is 19.3 Å². The Labute approximate surface area is 90.8 Å². The van der Waals surface area contributed by atoms with Crippen LogP contribution >= 0.6 is 0 Å². The summed E-state index contributed by atoms with van der Waals surface area (Å²) in [6.07, 6.45) is 6.30. The Balaban J connectivity index is 1.87. The summed E-state index contributed by atoms with van der Waals surface area (Å²) >= 11 is 0. The number of hydrazine groups is 1. The highest BCUT2D eigenvalue weighted by atomic mass is 16.5. The molecule has 0 bridgehead atoms. The van der Waals surface area contributed by atoms with Gasteiger partial charge in [0.2, 0.25) is 0 Å². The molecule has 15 heavy (non-hydrogen) atoms. The van der Waals surface area contributed by atoms with Crippen LogP contribution in [0.1, 0.15) is 25.7 Å². The van der Waals surface area contributed by atoms with Crippen LogP contribution in [0.5, 0.6) is 0 Å². The first-order chi connectivity index (χ1) is 7.40. The van der Waals surface area contributed by atoms with E-state index in [0.29, 0.717) is 5.92 Å². The fourth-order valence-corrected chi connectivity index (χ4v) is 2.27. The quantitative estimate of drug-likeness (QED) is 0.538. The Kier molecular flexibility index (Phi) is 4.00. The van der Waals surface area contributed by atoms with Crippen LogP contribution in [0.25, 0.3) is 0 Å². The van der Waals surface area contributed by atoms with Crippen molar-refractivity contribution in [3.63, 3.8) is 0 Å². The van der Waals surface area contributed by atoms with E-state index in [9.17, 15) is 0 Å². The molecular weight excluding hydrogens is 192 g/mol. The van der Waals surface area contributed by atoms with Gasteiger partial charge in [-0.1, -0.05) is 0 Å². The lowest BCUT2D eigenvalue weighted by Gasteiger charge is -2.24. The van der Waals surface area contributed by atoms with Crippen molar-refractivity contribution in [1.82, 2.24) is 5.43 Å². The molecule has 1 saturated heterocycles. The van der Waals surface area contributed by atoms with Crippen LogP contribution in [0.15, 0.2) is 11.8 Å². The molecule has 0 spiro atoms. The maximum absolute atomic E-state index is 5.59. The van der Waals surface area contributed by atoms with E-state index in [1.807, 2.05) is 6.26 Å². The van der Waals surface area contributed by atoms with Crippen molar-refractivity contribution in [1.29, 1.82) is 0 Å². The largest absolute Gasteiger partial charge is 0.501 e. The third-order valence-electron chi connectivity index (χ3n) is 3.20. The van der Waals surface area contributed by atoms with Crippen molar-refractivity contribution < 1.29 is 9.47 Å². The van der Waals surface area contributed by atoms with E-state index in [1.165, 1.54) is 5.57 Å². The van der Waals surface area contributed by atoms with Gasteiger partial charge in [-0.3, -0.25) is 11.3 Å². The molecule has 0 aliphatic carbocycles. The van der Waals surface area contributed by atoms with Crippen LogP contribution < -0.4 is 11.3 Å². The van der Waals surface area contributed by atoms with E-state index in [-0.39, 0.29) is 6.04 Å². The van der Waals surface area contributed by atoms with Crippen molar-refractivity contribution in [2.75, 3.05) is 19.8 Å². The van der Waals surface area contributed by atoms with E-state index in [4.69, 9.17) is 15.3 Å².